The lowest BCUT2D eigenvalue weighted by molar-refractivity contribution is 0.104. The quantitative estimate of drug-likeness (QED) is 0.246. The van der Waals surface area contributed by atoms with Gasteiger partial charge in [0.15, 0.2) is 0 Å². The fourth-order valence-electron chi connectivity index (χ4n) is 3.55. The second kappa shape index (κ2) is 12.1. The van der Waals surface area contributed by atoms with E-state index in [1.165, 1.54) is 28.8 Å². The van der Waals surface area contributed by atoms with E-state index in [1.807, 2.05) is 6.07 Å². The number of anilines is 1. The van der Waals surface area contributed by atoms with Gasteiger partial charge in [-0.25, -0.2) is 9.97 Å². The Morgan fingerprint density at radius 3 is 3.03 bits per heavy atom. The number of hydrogen-bond acceptors (Lipinski definition) is 8. The van der Waals surface area contributed by atoms with Gasteiger partial charge in [-0.05, 0) is 47.8 Å². The van der Waals surface area contributed by atoms with Gasteiger partial charge in [0.1, 0.15) is 12.1 Å². The highest BCUT2D eigenvalue weighted by Gasteiger charge is 2.20. The molecule has 1 aliphatic carbocycles. The van der Waals surface area contributed by atoms with Crippen LogP contribution >= 0.6 is 23.6 Å². The standard InChI is InChI=1S/C23H30N4O2S2/c1-3-17(13-29-31-24)9-10-26-23-20(12-25-15-27-23)22(28)21-11-19(14-30-21)16(2)18-7-5-4-6-8-18/h5,7-8,11-12,14-17H,3-4,6,9-10,13,24H2,1-2H3,(H,25,26,27). The number of carbonyl (C=O) groups is 1. The molecular formula is C23H30N4O2S2. The predicted molar refractivity (Wildman–Crippen MR) is 129 cm³/mol. The van der Waals surface area contributed by atoms with E-state index in [4.69, 9.17) is 9.32 Å². The Hall–Kier alpha value is -2.00. The maximum Gasteiger partial charge on any atom is 0.208 e. The van der Waals surface area contributed by atoms with Gasteiger partial charge in [0, 0.05) is 18.7 Å². The van der Waals surface area contributed by atoms with Crippen LogP contribution in [-0.4, -0.2) is 28.9 Å². The van der Waals surface area contributed by atoms with Gasteiger partial charge in [0.05, 0.1) is 29.3 Å². The number of nitrogens with two attached hydrogens (primary N) is 1. The Bertz CT molecular complexity index is 926. The molecule has 0 saturated carbocycles. The van der Waals surface area contributed by atoms with Crippen LogP contribution in [0.4, 0.5) is 5.82 Å². The van der Waals surface area contributed by atoms with Gasteiger partial charge in [0.2, 0.25) is 5.78 Å². The zero-order valence-electron chi connectivity index (χ0n) is 18.0. The van der Waals surface area contributed by atoms with Gasteiger partial charge in [-0.15, -0.1) is 11.3 Å². The third-order valence-electron chi connectivity index (χ3n) is 5.62. The number of thiophene rings is 1. The molecule has 3 N–H and O–H groups in total. The summed E-state index contributed by atoms with van der Waals surface area (Å²) in [5.41, 5.74) is 2.99. The Labute approximate surface area is 192 Å². The van der Waals surface area contributed by atoms with Crippen LogP contribution in [0.5, 0.6) is 0 Å². The third kappa shape index (κ3) is 6.49. The lowest BCUT2D eigenvalue weighted by atomic mass is 9.91. The molecule has 1 aliphatic rings. The minimum atomic E-state index is -0.0466. The normalized spacial score (nSPS) is 15.4. The summed E-state index contributed by atoms with van der Waals surface area (Å²) in [6.45, 7) is 5.62. The van der Waals surface area contributed by atoms with Gasteiger partial charge in [0.25, 0.3) is 0 Å². The molecule has 2 heterocycles. The van der Waals surface area contributed by atoms with E-state index >= 15 is 0 Å². The Kier molecular flexibility index (Phi) is 9.27. The van der Waals surface area contributed by atoms with Crippen LogP contribution in [0.25, 0.3) is 0 Å². The van der Waals surface area contributed by atoms with E-state index in [-0.39, 0.29) is 11.7 Å². The zero-order chi connectivity index (χ0) is 22.1. The van der Waals surface area contributed by atoms with Crippen LogP contribution in [0, 0.1) is 5.92 Å². The van der Waals surface area contributed by atoms with Crippen LogP contribution in [-0.2, 0) is 4.18 Å². The number of hydrogen-bond donors (Lipinski definition) is 2. The molecule has 6 nitrogen and oxygen atoms in total. The lowest BCUT2D eigenvalue weighted by Gasteiger charge is -2.15. The van der Waals surface area contributed by atoms with Crippen LogP contribution in [0.3, 0.4) is 0 Å². The van der Waals surface area contributed by atoms with E-state index in [0.717, 1.165) is 37.9 Å². The molecule has 2 aromatic rings. The van der Waals surface area contributed by atoms with Crippen molar-refractivity contribution >= 4 is 35.2 Å². The summed E-state index contributed by atoms with van der Waals surface area (Å²) in [5.74, 6) is 1.20. The molecule has 0 fully saturated rings. The molecule has 0 spiro atoms. The number of nitrogens with zero attached hydrogens (tertiary/aromatic N) is 2. The summed E-state index contributed by atoms with van der Waals surface area (Å²) in [4.78, 5) is 22.3. The van der Waals surface area contributed by atoms with Crippen LogP contribution < -0.4 is 10.5 Å². The number of carbonyl (C=O) groups excluding carboxylic acids is 1. The summed E-state index contributed by atoms with van der Waals surface area (Å²) in [6, 6.07) is 2.01. The van der Waals surface area contributed by atoms with Gasteiger partial charge in [-0.3, -0.25) is 9.93 Å². The van der Waals surface area contributed by atoms with Crippen molar-refractivity contribution < 1.29 is 8.98 Å². The fourth-order valence-corrected chi connectivity index (χ4v) is 4.78. The smallest absolute Gasteiger partial charge is 0.208 e. The second-order valence-corrected chi connectivity index (χ2v) is 8.97. The number of allylic oxidation sites excluding steroid dienone is 4. The first-order valence-corrected chi connectivity index (χ1v) is 12.3. The van der Waals surface area contributed by atoms with Gasteiger partial charge in [-0.2, -0.15) is 0 Å². The van der Waals surface area contributed by atoms with Crippen LogP contribution in [0.1, 0.15) is 66.2 Å². The van der Waals surface area contributed by atoms with Crippen LogP contribution in [0.15, 0.2) is 47.8 Å². The minimum absolute atomic E-state index is 0.0466. The number of ketones is 1. The van der Waals surface area contributed by atoms with E-state index in [0.29, 0.717) is 35.3 Å². The number of rotatable bonds is 12. The van der Waals surface area contributed by atoms with Gasteiger partial charge in [-0.1, -0.05) is 38.5 Å². The molecule has 0 aromatic carbocycles. The molecule has 0 saturated heterocycles. The summed E-state index contributed by atoms with van der Waals surface area (Å²) in [5, 5.41) is 10.7. The number of nitrogens with one attached hydrogen (secondary N) is 1. The summed E-state index contributed by atoms with van der Waals surface area (Å²) < 4.78 is 5.25. The largest absolute Gasteiger partial charge is 0.369 e. The predicted octanol–water partition coefficient (Wildman–Crippen LogP) is 5.52. The molecule has 0 radical (unpaired) electrons. The van der Waals surface area contributed by atoms with E-state index < -0.39 is 0 Å². The lowest BCUT2D eigenvalue weighted by Crippen LogP contribution is -2.15. The number of aromatic nitrogens is 2. The van der Waals surface area contributed by atoms with E-state index in [2.05, 4.69) is 52.7 Å². The van der Waals surface area contributed by atoms with Gasteiger partial charge < -0.3 is 9.50 Å². The average molecular weight is 459 g/mol. The summed E-state index contributed by atoms with van der Waals surface area (Å²) in [6.07, 6.45) is 13.8. The molecule has 0 bridgehead atoms. The highest BCUT2D eigenvalue weighted by atomic mass is 32.2. The Morgan fingerprint density at radius 1 is 1.42 bits per heavy atom. The molecule has 3 rings (SSSR count). The third-order valence-corrected chi connectivity index (χ3v) is 6.84. The van der Waals surface area contributed by atoms with Crippen molar-refractivity contribution in [2.75, 3.05) is 18.5 Å². The van der Waals surface area contributed by atoms with Crippen molar-refractivity contribution in [2.45, 2.75) is 45.4 Å². The van der Waals surface area contributed by atoms with Crippen molar-refractivity contribution in [3.05, 3.63) is 63.8 Å². The fraction of sp³-hybridized carbons (Fsp3) is 0.435. The second-order valence-electron chi connectivity index (χ2n) is 7.63. The van der Waals surface area contributed by atoms with Crippen molar-refractivity contribution in [3.63, 3.8) is 0 Å². The highest BCUT2D eigenvalue weighted by Crippen LogP contribution is 2.32. The molecule has 8 heteroatoms. The topological polar surface area (TPSA) is 90.1 Å². The molecule has 2 aromatic heterocycles. The molecule has 0 amide bonds. The molecule has 166 valence electrons. The first kappa shape index (κ1) is 23.7. The van der Waals surface area contributed by atoms with E-state index in [1.54, 1.807) is 6.20 Å². The monoisotopic (exact) mass is 458 g/mol. The first-order valence-electron chi connectivity index (χ1n) is 10.7. The SMILES string of the molecule is CCC(CCNc1ncncc1C(=O)c1cc(C(C)C2=CCCC=C2)cs1)COSN. The molecule has 31 heavy (non-hydrogen) atoms. The first-order chi connectivity index (χ1) is 15.1. The minimum Gasteiger partial charge on any atom is -0.369 e. The van der Waals surface area contributed by atoms with Crippen molar-refractivity contribution in [1.82, 2.24) is 9.97 Å². The average Bonchev–Trinajstić information content (AvgIpc) is 3.31. The summed E-state index contributed by atoms with van der Waals surface area (Å²) >= 11 is 2.38. The zero-order valence-corrected chi connectivity index (χ0v) is 19.7. The van der Waals surface area contributed by atoms with Crippen LogP contribution in [0.2, 0.25) is 0 Å². The van der Waals surface area contributed by atoms with Crippen molar-refractivity contribution in [2.24, 2.45) is 11.1 Å². The Morgan fingerprint density at radius 2 is 2.29 bits per heavy atom. The maximum atomic E-state index is 13.2. The Balaban J connectivity index is 1.66. The molecule has 2 unspecified atom stereocenters. The van der Waals surface area contributed by atoms with Gasteiger partial charge >= 0.3 is 0 Å². The van der Waals surface area contributed by atoms with E-state index in [9.17, 15) is 4.79 Å². The van der Waals surface area contributed by atoms with Crippen molar-refractivity contribution in [3.8, 4) is 0 Å². The summed E-state index contributed by atoms with van der Waals surface area (Å²) in [7, 11) is 0. The molecule has 2 atom stereocenters. The molecular weight excluding hydrogens is 428 g/mol. The molecule has 0 aliphatic heterocycles. The maximum absolute atomic E-state index is 13.2. The highest BCUT2D eigenvalue weighted by molar-refractivity contribution is 7.92. The van der Waals surface area contributed by atoms with Crippen molar-refractivity contribution in [1.29, 1.82) is 0 Å².